The van der Waals surface area contributed by atoms with Crippen molar-refractivity contribution < 1.29 is 38.0 Å². The maximum atomic E-state index is 12.7. The van der Waals surface area contributed by atoms with Crippen LogP contribution in [-0.2, 0) is 18.4 Å². The highest BCUT2D eigenvalue weighted by Crippen LogP contribution is 2.45. The largest absolute Gasteiger partial charge is 0.473 e. The van der Waals surface area contributed by atoms with Crippen molar-refractivity contribution in [2.45, 2.75) is 103 Å². The Balaban J connectivity index is 4.24. The molecule has 0 rings (SSSR count). The Labute approximate surface area is 207 Å². The number of likely N-dealkylation sites (N-methyl/N-ethyl adjacent to an activating group) is 1. The number of hydrogen-bond acceptors (Lipinski definition) is 6. The van der Waals surface area contributed by atoms with E-state index in [4.69, 9.17) is 14.2 Å². The molecule has 0 aromatic heterocycles. The van der Waals surface area contributed by atoms with Crippen molar-refractivity contribution >= 4 is 13.6 Å². The lowest BCUT2D eigenvalue weighted by Gasteiger charge is -2.29. The minimum absolute atomic E-state index is 0.220. The summed E-state index contributed by atoms with van der Waals surface area (Å²) in [6.07, 6.45) is 11.4. The van der Waals surface area contributed by atoms with Gasteiger partial charge in [-0.05, 0) is 32.1 Å². The average molecular weight is 509 g/mol. The lowest BCUT2D eigenvalue weighted by atomic mass is 10.0. The van der Waals surface area contributed by atoms with Crippen LogP contribution in [0.2, 0.25) is 0 Å². The van der Waals surface area contributed by atoms with Gasteiger partial charge in [0.05, 0.1) is 34.4 Å². The summed E-state index contributed by atoms with van der Waals surface area (Å²) in [6, 6.07) is 0. The molecule has 0 aliphatic rings. The summed E-state index contributed by atoms with van der Waals surface area (Å²) in [7, 11) is 1.05. The van der Waals surface area contributed by atoms with Gasteiger partial charge in [0.1, 0.15) is 12.6 Å². The lowest BCUT2D eigenvalue weighted by molar-refractivity contribution is -0.872. The molecule has 0 saturated heterocycles. The van der Waals surface area contributed by atoms with Crippen molar-refractivity contribution in [3.8, 4) is 0 Å². The highest BCUT2D eigenvalue weighted by molar-refractivity contribution is 7.47. The fourth-order valence-electron chi connectivity index (χ4n) is 3.58. The number of quaternary nitrogens is 1. The maximum absolute atomic E-state index is 12.7. The van der Waals surface area contributed by atoms with Gasteiger partial charge >= 0.3 is 7.82 Å². The molecule has 0 radical (unpaired) electrons. The normalized spacial score (nSPS) is 15.6. The van der Waals surface area contributed by atoms with Crippen molar-refractivity contribution in [1.29, 1.82) is 0 Å². The molecule has 0 heterocycles. The first-order chi connectivity index (χ1) is 15.9. The zero-order valence-corrected chi connectivity index (χ0v) is 22.9. The van der Waals surface area contributed by atoms with Crippen molar-refractivity contribution in [2.24, 2.45) is 0 Å². The standard InChI is InChI=1S/C25H50NO7P/c1-6-7-8-13-16-22(2)17-14-11-9-10-12-15-18-24(29)25(19-26(3,4)5)33-34(30,31)32-21-23(28)20-27/h23,25,27-28H,2,6-21H2,1,3-5H3/p+1. The van der Waals surface area contributed by atoms with Crippen LogP contribution in [0.3, 0.4) is 0 Å². The molecule has 0 spiro atoms. The van der Waals surface area contributed by atoms with E-state index in [0.29, 0.717) is 10.9 Å². The van der Waals surface area contributed by atoms with Crippen LogP contribution in [0.25, 0.3) is 0 Å². The molecule has 3 atom stereocenters. The number of phosphoric ester groups is 1. The van der Waals surface area contributed by atoms with E-state index in [-0.39, 0.29) is 18.7 Å². The zero-order valence-electron chi connectivity index (χ0n) is 22.0. The third-order valence-corrected chi connectivity index (χ3v) is 6.56. The molecule has 202 valence electrons. The first kappa shape index (κ1) is 33.4. The van der Waals surface area contributed by atoms with E-state index in [9.17, 15) is 19.4 Å². The monoisotopic (exact) mass is 508 g/mol. The lowest BCUT2D eigenvalue weighted by Crippen LogP contribution is -2.45. The van der Waals surface area contributed by atoms with Crippen LogP contribution in [0.1, 0.15) is 90.4 Å². The van der Waals surface area contributed by atoms with E-state index in [1.807, 2.05) is 21.1 Å². The quantitative estimate of drug-likeness (QED) is 0.0789. The topological polar surface area (TPSA) is 113 Å². The van der Waals surface area contributed by atoms with Crippen LogP contribution in [0.15, 0.2) is 12.2 Å². The van der Waals surface area contributed by atoms with Crippen molar-refractivity contribution in [3.05, 3.63) is 12.2 Å². The maximum Gasteiger partial charge on any atom is 0.473 e. The fraction of sp³-hybridized carbons (Fsp3) is 0.880. The van der Waals surface area contributed by atoms with Gasteiger partial charge in [-0.15, -0.1) is 0 Å². The number of aliphatic hydroxyl groups is 2. The third kappa shape index (κ3) is 19.7. The SMILES string of the molecule is C=C(CCCCCC)CCCCCCCCC(=O)C(C[N+](C)(C)C)OP(=O)(O)OCC(O)CO. The molecule has 0 aliphatic carbocycles. The summed E-state index contributed by atoms with van der Waals surface area (Å²) < 4.78 is 22.5. The van der Waals surface area contributed by atoms with Crippen molar-refractivity contribution in [1.82, 2.24) is 0 Å². The molecule has 8 nitrogen and oxygen atoms in total. The predicted octanol–water partition coefficient (Wildman–Crippen LogP) is 4.76. The second kappa shape index (κ2) is 18.6. The molecule has 0 amide bonds. The Bertz CT molecular complexity index is 607. The second-order valence-electron chi connectivity index (χ2n) is 10.3. The van der Waals surface area contributed by atoms with Gasteiger partial charge in [-0.2, -0.15) is 0 Å². The molecule has 34 heavy (non-hydrogen) atoms. The Morgan fingerprint density at radius 1 is 0.941 bits per heavy atom. The van der Waals surface area contributed by atoms with Gasteiger partial charge < -0.3 is 19.6 Å². The number of nitrogens with zero attached hydrogens (tertiary/aromatic N) is 1. The van der Waals surface area contributed by atoms with Crippen LogP contribution >= 0.6 is 7.82 Å². The summed E-state index contributed by atoms with van der Waals surface area (Å²) in [5, 5.41) is 18.1. The van der Waals surface area contributed by atoms with Gasteiger partial charge in [0, 0.05) is 6.42 Å². The molecule has 0 bridgehead atoms. The zero-order chi connectivity index (χ0) is 26.0. The number of rotatable bonds is 23. The molecule has 9 heteroatoms. The summed E-state index contributed by atoms with van der Waals surface area (Å²) in [5.41, 5.74) is 1.36. The molecular formula is C25H51NO7P+. The number of aliphatic hydroxyl groups excluding tert-OH is 2. The van der Waals surface area contributed by atoms with Crippen molar-refractivity contribution in [3.63, 3.8) is 0 Å². The smallest absolute Gasteiger partial charge is 0.394 e. The van der Waals surface area contributed by atoms with Gasteiger partial charge in [0.2, 0.25) is 0 Å². The third-order valence-electron chi connectivity index (χ3n) is 5.56. The Kier molecular flexibility index (Phi) is 18.3. The Morgan fingerprint density at radius 2 is 1.44 bits per heavy atom. The van der Waals surface area contributed by atoms with Crippen LogP contribution in [0.4, 0.5) is 0 Å². The van der Waals surface area contributed by atoms with Gasteiger partial charge in [0.15, 0.2) is 11.9 Å². The first-order valence-electron chi connectivity index (χ1n) is 12.8. The van der Waals surface area contributed by atoms with Gasteiger partial charge in [-0.1, -0.05) is 64.0 Å². The Morgan fingerprint density at radius 3 is 1.94 bits per heavy atom. The van der Waals surface area contributed by atoms with E-state index in [1.54, 1.807) is 0 Å². The summed E-state index contributed by atoms with van der Waals surface area (Å²) in [5.74, 6) is -0.229. The average Bonchev–Trinajstić information content (AvgIpc) is 2.75. The van der Waals surface area contributed by atoms with E-state index in [1.165, 1.54) is 44.1 Å². The molecule has 0 aromatic carbocycles. The molecule has 0 fully saturated rings. The number of phosphoric acid groups is 1. The van der Waals surface area contributed by atoms with E-state index in [0.717, 1.165) is 32.1 Å². The molecule has 0 saturated carbocycles. The minimum atomic E-state index is -4.54. The van der Waals surface area contributed by atoms with Gasteiger partial charge in [-0.25, -0.2) is 4.57 Å². The minimum Gasteiger partial charge on any atom is -0.394 e. The number of unbranched alkanes of at least 4 members (excludes halogenated alkanes) is 8. The van der Waals surface area contributed by atoms with E-state index in [2.05, 4.69) is 13.5 Å². The van der Waals surface area contributed by atoms with E-state index < -0.39 is 33.2 Å². The van der Waals surface area contributed by atoms with Crippen LogP contribution < -0.4 is 0 Å². The number of ketones is 1. The highest BCUT2D eigenvalue weighted by atomic mass is 31.2. The van der Waals surface area contributed by atoms with Crippen LogP contribution in [0, 0.1) is 0 Å². The number of allylic oxidation sites excluding steroid dienone is 1. The molecule has 0 aliphatic heterocycles. The van der Waals surface area contributed by atoms with Crippen LogP contribution in [-0.4, -0.2) is 78.5 Å². The van der Waals surface area contributed by atoms with Crippen LogP contribution in [0.5, 0.6) is 0 Å². The second-order valence-corrected chi connectivity index (χ2v) is 11.7. The van der Waals surface area contributed by atoms with Gasteiger partial charge in [-0.3, -0.25) is 13.8 Å². The molecular weight excluding hydrogens is 457 g/mol. The molecule has 3 unspecified atom stereocenters. The summed E-state index contributed by atoms with van der Waals surface area (Å²) in [6.45, 7) is 5.48. The number of carbonyl (C=O) groups excluding carboxylic acids is 1. The number of hydrogen-bond donors (Lipinski definition) is 3. The summed E-state index contributed by atoms with van der Waals surface area (Å²) >= 11 is 0. The number of Topliss-reactive ketones (excluding diaryl/α,β-unsaturated/α-hetero) is 1. The molecule has 0 aromatic rings. The summed E-state index contributed by atoms with van der Waals surface area (Å²) in [4.78, 5) is 22.6. The predicted molar refractivity (Wildman–Crippen MR) is 136 cm³/mol. The first-order valence-corrected chi connectivity index (χ1v) is 14.3. The number of carbonyl (C=O) groups is 1. The highest BCUT2D eigenvalue weighted by Gasteiger charge is 2.34. The van der Waals surface area contributed by atoms with E-state index >= 15 is 0 Å². The van der Waals surface area contributed by atoms with Crippen molar-refractivity contribution in [2.75, 3.05) is 40.9 Å². The molecule has 3 N–H and O–H groups in total. The fourth-order valence-corrected chi connectivity index (χ4v) is 4.51. The Hall–Kier alpha value is -0.600. The van der Waals surface area contributed by atoms with Gasteiger partial charge in [0.25, 0.3) is 0 Å².